The van der Waals surface area contributed by atoms with Crippen LogP contribution in [0.15, 0.2) is 30.3 Å². The fourth-order valence-electron chi connectivity index (χ4n) is 2.69. The Hall–Kier alpha value is -2.56. The zero-order chi connectivity index (χ0) is 15.0. The largest absolute Gasteiger partial charge is 0.508 e. The molecule has 2 aromatic carbocycles. The van der Waals surface area contributed by atoms with Crippen molar-refractivity contribution in [3.63, 3.8) is 0 Å². The highest BCUT2D eigenvalue weighted by Gasteiger charge is 2.26. The van der Waals surface area contributed by atoms with Crippen LogP contribution in [-0.4, -0.2) is 29.0 Å². The summed E-state index contributed by atoms with van der Waals surface area (Å²) in [4.78, 5) is 0. The summed E-state index contributed by atoms with van der Waals surface area (Å²) < 4.78 is 11.0. The zero-order valence-electron chi connectivity index (χ0n) is 11.5. The molecule has 1 unspecified atom stereocenters. The molecular weight excluding hydrogens is 272 g/mol. The molecule has 1 aliphatic rings. The number of hydrogen-bond donors (Lipinski definition) is 3. The molecular formula is C16H16O5. The van der Waals surface area contributed by atoms with Crippen molar-refractivity contribution in [1.82, 2.24) is 0 Å². The molecule has 0 saturated carbocycles. The first-order valence-electron chi connectivity index (χ1n) is 6.63. The Labute approximate surface area is 122 Å². The van der Waals surface area contributed by atoms with Gasteiger partial charge in [-0.2, -0.15) is 0 Å². The first-order chi connectivity index (χ1) is 10.1. The molecule has 0 bridgehead atoms. The van der Waals surface area contributed by atoms with Crippen LogP contribution in [-0.2, 0) is 6.42 Å². The summed E-state index contributed by atoms with van der Waals surface area (Å²) in [5.74, 6) is 1.28. The van der Waals surface area contributed by atoms with Crippen molar-refractivity contribution in [2.45, 2.75) is 12.3 Å². The minimum Gasteiger partial charge on any atom is -0.508 e. The van der Waals surface area contributed by atoms with Gasteiger partial charge in [0.2, 0.25) is 0 Å². The Bertz CT molecular complexity index is 663. The molecule has 1 heterocycles. The van der Waals surface area contributed by atoms with E-state index in [1.807, 2.05) is 0 Å². The second-order valence-corrected chi connectivity index (χ2v) is 5.08. The quantitative estimate of drug-likeness (QED) is 0.791. The highest BCUT2D eigenvalue weighted by molar-refractivity contribution is 5.53. The van der Waals surface area contributed by atoms with Crippen LogP contribution in [0.5, 0.6) is 28.7 Å². The molecule has 0 amide bonds. The lowest BCUT2D eigenvalue weighted by Crippen LogP contribution is -2.19. The van der Waals surface area contributed by atoms with Crippen LogP contribution in [0.3, 0.4) is 0 Å². The average Bonchev–Trinajstić information content (AvgIpc) is 2.46. The van der Waals surface area contributed by atoms with E-state index in [2.05, 4.69) is 0 Å². The summed E-state index contributed by atoms with van der Waals surface area (Å²) in [6.45, 7) is 0.387. The first kappa shape index (κ1) is 13.4. The van der Waals surface area contributed by atoms with Crippen molar-refractivity contribution in [3.8, 4) is 28.7 Å². The predicted molar refractivity (Wildman–Crippen MR) is 76.4 cm³/mol. The Kier molecular flexibility index (Phi) is 3.25. The van der Waals surface area contributed by atoms with Crippen molar-refractivity contribution in [3.05, 3.63) is 41.5 Å². The van der Waals surface area contributed by atoms with E-state index in [0.717, 1.165) is 5.56 Å². The Morgan fingerprint density at radius 1 is 1.10 bits per heavy atom. The molecule has 0 radical (unpaired) electrons. The van der Waals surface area contributed by atoms with Gasteiger partial charge in [-0.15, -0.1) is 0 Å². The van der Waals surface area contributed by atoms with E-state index in [0.29, 0.717) is 30.1 Å². The van der Waals surface area contributed by atoms with E-state index < -0.39 is 0 Å². The number of benzene rings is 2. The fraction of sp³-hybridized carbons (Fsp3) is 0.250. The third-order valence-electron chi connectivity index (χ3n) is 3.72. The maximum atomic E-state index is 9.98. The van der Waals surface area contributed by atoms with Crippen molar-refractivity contribution >= 4 is 0 Å². The molecule has 21 heavy (non-hydrogen) atoms. The topological polar surface area (TPSA) is 79.2 Å². The lowest BCUT2D eigenvalue weighted by molar-refractivity contribution is 0.253. The van der Waals surface area contributed by atoms with Crippen LogP contribution >= 0.6 is 0 Å². The van der Waals surface area contributed by atoms with Gasteiger partial charge in [0.05, 0.1) is 13.7 Å². The minimum atomic E-state index is -0.0449. The lowest BCUT2D eigenvalue weighted by atomic mass is 9.89. The summed E-state index contributed by atoms with van der Waals surface area (Å²) in [6.07, 6.45) is 0.622. The maximum absolute atomic E-state index is 9.98. The summed E-state index contributed by atoms with van der Waals surface area (Å²) in [5, 5.41) is 29.0. The molecule has 3 N–H and O–H groups in total. The van der Waals surface area contributed by atoms with Crippen LogP contribution < -0.4 is 9.47 Å². The molecule has 110 valence electrons. The van der Waals surface area contributed by atoms with Gasteiger partial charge >= 0.3 is 0 Å². The first-order valence-corrected chi connectivity index (χ1v) is 6.63. The van der Waals surface area contributed by atoms with E-state index in [4.69, 9.17) is 9.47 Å². The van der Waals surface area contributed by atoms with Gasteiger partial charge in [0.1, 0.15) is 28.7 Å². The fourth-order valence-corrected chi connectivity index (χ4v) is 2.69. The van der Waals surface area contributed by atoms with Gasteiger partial charge in [-0.1, -0.05) is 6.07 Å². The number of fused-ring (bicyclic) bond motifs is 1. The number of aromatic hydroxyl groups is 3. The SMILES string of the molecule is COc1cc(O)cc2c1CC(c1ccc(O)cc1O)CO2. The molecule has 2 aromatic rings. The second kappa shape index (κ2) is 5.09. The standard InChI is InChI=1S/C16H16O5/c1-20-15-6-11(18)7-16-13(15)4-9(8-21-16)12-3-2-10(17)5-14(12)19/h2-3,5-7,9,17-19H,4,8H2,1H3. The summed E-state index contributed by atoms with van der Waals surface area (Å²) >= 11 is 0. The molecule has 3 rings (SSSR count). The number of methoxy groups -OCH3 is 1. The molecule has 1 atom stereocenters. The molecule has 1 aliphatic heterocycles. The second-order valence-electron chi connectivity index (χ2n) is 5.08. The maximum Gasteiger partial charge on any atom is 0.129 e. The van der Waals surface area contributed by atoms with E-state index in [1.54, 1.807) is 24.3 Å². The van der Waals surface area contributed by atoms with Crippen LogP contribution in [0, 0.1) is 0 Å². The van der Waals surface area contributed by atoms with Crippen LogP contribution in [0.2, 0.25) is 0 Å². The van der Waals surface area contributed by atoms with Gasteiger partial charge < -0.3 is 24.8 Å². The lowest BCUT2D eigenvalue weighted by Gasteiger charge is -2.27. The Morgan fingerprint density at radius 3 is 2.62 bits per heavy atom. The zero-order valence-corrected chi connectivity index (χ0v) is 11.5. The summed E-state index contributed by atoms with van der Waals surface area (Å²) in [5.41, 5.74) is 1.58. The van der Waals surface area contributed by atoms with Gasteiger partial charge in [-0.05, 0) is 12.5 Å². The number of rotatable bonds is 2. The molecule has 0 spiro atoms. The van der Waals surface area contributed by atoms with Gasteiger partial charge in [0.25, 0.3) is 0 Å². The van der Waals surface area contributed by atoms with Crippen molar-refractivity contribution in [2.24, 2.45) is 0 Å². The summed E-state index contributed by atoms with van der Waals surface area (Å²) in [6, 6.07) is 7.65. The highest BCUT2D eigenvalue weighted by Crippen LogP contribution is 2.42. The molecule has 0 fully saturated rings. The number of ether oxygens (including phenoxy) is 2. The normalized spacial score (nSPS) is 16.9. The van der Waals surface area contributed by atoms with E-state index in [1.165, 1.54) is 13.2 Å². The van der Waals surface area contributed by atoms with Crippen LogP contribution in [0.1, 0.15) is 17.0 Å². The number of phenolic OH excluding ortho intramolecular Hbond substituents is 3. The van der Waals surface area contributed by atoms with E-state index in [9.17, 15) is 15.3 Å². The molecule has 5 heteroatoms. The van der Waals surface area contributed by atoms with Crippen molar-refractivity contribution < 1.29 is 24.8 Å². The van der Waals surface area contributed by atoms with Gasteiger partial charge in [-0.3, -0.25) is 0 Å². The van der Waals surface area contributed by atoms with Gasteiger partial charge in [0.15, 0.2) is 0 Å². The molecule has 0 aliphatic carbocycles. The minimum absolute atomic E-state index is 0.0240. The van der Waals surface area contributed by atoms with Crippen molar-refractivity contribution in [1.29, 1.82) is 0 Å². The third-order valence-corrected chi connectivity index (χ3v) is 3.72. The molecule has 0 saturated heterocycles. The third kappa shape index (κ3) is 2.42. The van der Waals surface area contributed by atoms with Gasteiger partial charge in [0, 0.05) is 35.2 Å². The number of phenols is 3. The van der Waals surface area contributed by atoms with Crippen molar-refractivity contribution in [2.75, 3.05) is 13.7 Å². The Balaban J connectivity index is 1.97. The van der Waals surface area contributed by atoms with Crippen LogP contribution in [0.25, 0.3) is 0 Å². The number of hydrogen-bond acceptors (Lipinski definition) is 5. The molecule has 5 nitrogen and oxygen atoms in total. The smallest absolute Gasteiger partial charge is 0.129 e. The van der Waals surface area contributed by atoms with Gasteiger partial charge in [-0.25, -0.2) is 0 Å². The summed E-state index contributed by atoms with van der Waals surface area (Å²) in [7, 11) is 1.54. The van der Waals surface area contributed by atoms with E-state index >= 15 is 0 Å². The van der Waals surface area contributed by atoms with E-state index in [-0.39, 0.29) is 23.2 Å². The van der Waals surface area contributed by atoms with Crippen LogP contribution in [0.4, 0.5) is 0 Å². The molecule has 0 aromatic heterocycles. The average molecular weight is 288 g/mol. The Morgan fingerprint density at radius 2 is 1.90 bits per heavy atom. The highest BCUT2D eigenvalue weighted by atomic mass is 16.5. The monoisotopic (exact) mass is 288 g/mol. The predicted octanol–water partition coefficient (Wildman–Crippen LogP) is 2.53.